The molecule has 3 aromatic rings. The summed E-state index contributed by atoms with van der Waals surface area (Å²) in [5.74, 6) is 1.52. The van der Waals surface area contributed by atoms with Gasteiger partial charge in [0.2, 0.25) is 0 Å². The highest BCUT2D eigenvalue weighted by Gasteiger charge is 2.49. The van der Waals surface area contributed by atoms with Gasteiger partial charge in [-0.25, -0.2) is 0 Å². The second-order valence-electron chi connectivity index (χ2n) is 12.9. The number of hydrogen-bond acceptors (Lipinski definition) is 4. The standard InChI is InChI=1S/C31H38O4/c1-28(2)16-29(3,4)18-31(33,17-28)22-14-23(32)20-13-24(34-7)27-21(15-30(5,6)35-27)26(20)25(22)19-11-9-8-10-12-19/h8-14,32-33H,15-18H2,1-7H3. The van der Waals surface area contributed by atoms with Gasteiger partial charge in [0, 0.05) is 22.8 Å². The molecule has 5 rings (SSSR count). The van der Waals surface area contributed by atoms with Crippen LogP contribution in [-0.2, 0) is 12.0 Å². The first-order valence-corrected chi connectivity index (χ1v) is 12.6. The summed E-state index contributed by atoms with van der Waals surface area (Å²) in [7, 11) is 1.63. The quantitative estimate of drug-likeness (QED) is 0.416. The van der Waals surface area contributed by atoms with Gasteiger partial charge in [-0.3, -0.25) is 0 Å². The summed E-state index contributed by atoms with van der Waals surface area (Å²) >= 11 is 0. The molecule has 4 heteroatoms. The van der Waals surface area contributed by atoms with Crippen LogP contribution >= 0.6 is 0 Å². The number of fused-ring (bicyclic) bond motifs is 3. The molecule has 0 spiro atoms. The van der Waals surface area contributed by atoms with E-state index in [1.54, 1.807) is 13.2 Å². The molecule has 1 saturated carbocycles. The number of aliphatic hydroxyl groups is 1. The van der Waals surface area contributed by atoms with Gasteiger partial charge in [0.1, 0.15) is 11.4 Å². The van der Waals surface area contributed by atoms with Crippen molar-refractivity contribution in [3.05, 3.63) is 53.6 Å². The van der Waals surface area contributed by atoms with Crippen LogP contribution in [0.2, 0.25) is 0 Å². The molecule has 4 nitrogen and oxygen atoms in total. The summed E-state index contributed by atoms with van der Waals surface area (Å²) < 4.78 is 12.1. The van der Waals surface area contributed by atoms with Crippen LogP contribution in [0.4, 0.5) is 0 Å². The lowest BCUT2D eigenvalue weighted by molar-refractivity contribution is -0.0909. The summed E-state index contributed by atoms with van der Waals surface area (Å²) in [4.78, 5) is 0. The van der Waals surface area contributed by atoms with E-state index in [-0.39, 0.29) is 16.6 Å². The fourth-order valence-electron chi connectivity index (χ4n) is 7.30. The SMILES string of the molecule is COc1cc2c(O)cc(C3(O)CC(C)(C)CC(C)(C)C3)c(-c3ccccc3)c2c2c1OC(C)(C)C2. The molecule has 0 radical (unpaired) electrons. The van der Waals surface area contributed by atoms with E-state index in [4.69, 9.17) is 9.47 Å². The number of ether oxygens (including phenoxy) is 2. The van der Waals surface area contributed by atoms with Gasteiger partial charge < -0.3 is 19.7 Å². The molecule has 1 heterocycles. The predicted octanol–water partition coefficient (Wildman–Crippen LogP) is 7.36. The number of phenols is 1. The summed E-state index contributed by atoms with van der Waals surface area (Å²) in [5.41, 5.74) is 2.28. The van der Waals surface area contributed by atoms with Crippen LogP contribution in [0.5, 0.6) is 17.2 Å². The molecule has 0 unspecified atom stereocenters. The Hall–Kier alpha value is -2.72. The third-order valence-electron chi connectivity index (χ3n) is 7.68. The van der Waals surface area contributed by atoms with E-state index >= 15 is 0 Å². The Labute approximate surface area is 208 Å². The number of benzene rings is 3. The molecule has 1 aliphatic heterocycles. The first-order valence-electron chi connectivity index (χ1n) is 12.6. The molecule has 35 heavy (non-hydrogen) atoms. The molecule has 0 amide bonds. The minimum Gasteiger partial charge on any atom is -0.507 e. The Morgan fingerprint density at radius 2 is 1.51 bits per heavy atom. The summed E-state index contributed by atoms with van der Waals surface area (Å²) in [6.07, 6.45) is 2.99. The zero-order valence-corrected chi connectivity index (χ0v) is 22.1. The van der Waals surface area contributed by atoms with Crippen molar-refractivity contribution in [1.29, 1.82) is 0 Å². The Kier molecular flexibility index (Phi) is 5.24. The maximum atomic E-state index is 12.4. The maximum absolute atomic E-state index is 12.4. The van der Waals surface area contributed by atoms with E-state index in [1.807, 2.05) is 24.3 Å². The molecule has 1 fully saturated rings. The topological polar surface area (TPSA) is 58.9 Å². The van der Waals surface area contributed by atoms with Crippen molar-refractivity contribution in [2.24, 2.45) is 10.8 Å². The lowest BCUT2D eigenvalue weighted by Gasteiger charge is -2.50. The van der Waals surface area contributed by atoms with Gasteiger partial charge >= 0.3 is 0 Å². The second kappa shape index (κ2) is 7.64. The Morgan fingerprint density at radius 1 is 0.886 bits per heavy atom. The summed E-state index contributed by atoms with van der Waals surface area (Å²) in [6, 6.07) is 13.9. The van der Waals surface area contributed by atoms with Crippen LogP contribution < -0.4 is 9.47 Å². The number of hydrogen-bond donors (Lipinski definition) is 2. The number of methoxy groups -OCH3 is 1. The highest BCUT2D eigenvalue weighted by Crippen LogP contribution is 2.58. The highest BCUT2D eigenvalue weighted by atomic mass is 16.5. The Bertz CT molecular complexity index is 1290. The molecule has 0 aromatic heterocycles. The average molecular weight is 475 g/mol. The smallest absolute Gasteiger partial charge is 0.165 e. The van der Waals surface area contributed by atoms with E-state index < -0.39 is 11.2 Å². The number of aromatic hydroxyl groups is 1. The fourth-order valence-corrected chi connectivity index (χ4v) is 7.30. The molecule has 1 aliphatic carbocycles. The maximum Gasteiger partial charge on any atom is 0.165 e. The molecule has 0 saturated heterocycles. The first kappa shape index (κ1) is 24.0. The summed E-state index contributed by atoms with van der Waals surface area (Å²) in [5, 5.41) is 25.5. The van der Waals surface area contributed by atoms with E-state index in [9.17, 15) is 10.2 Å². The number of rotatable bonds is 3. The second-order valence-corrected chi connectivity index (χ2v) is 12.9. The number of phenolic OH excluding ortho intramolecular Hbond substituents is 1. The van der Waals surface area contributed by atoms with Gasteiger partial charge in [-0.2, -0.15) is 0 Å². The van der Waals surface area contributed by atoms with Crippen molar-refractivity contribution >= 4 is 10.8 Å². The molecule has 186 valence electrons. The summed E-state index contributed by atoms with van der Waals surface area (Å²) in [6.45, 7) is 13.1. The van der Waals surface area contributed by atoms with Gasteiger partial charge in [0.25, 0.3) is 0 Å². The fraction of sp³-hybridized carbons (Fsp3) is 0.484. The van der Waals surface area contributed by atoms with Gasteiger partial charge in [-0.05, 0) is 72.8 Å². The van der Waals surface area contributed by atoms with Gasteiger partial charge in [-0.1, -0.05) is 58.0 Å². The molecule has 0 atom stereocenters. The van der Waals surface area contributed by atoms with Crippen molar-refractivity contribution < 1.29 is 19.7 Å². The lowest BCUT2D eigenvalue weighted by atomic mass is 9.57. The highest BCUT2D eigenvalue weighted by molar-refractivity contribution is 6.06. The van der Waals surface area contributed by atoms with Crippen molar-refractivity contribution in [3.63, 3.8) is 0 Å². The van der Waals surface area contributed by atoms with Crippen LogP contribution in [0.25, 0.3) is 21.9 Å². The Balaban J connectivity index is 1.91. The molecular weight excluding hydrogens is 436 g/mol. The van der Waals surface area contributed by atoms with E-state index in [0.717, 1.165) is 45.2 Å². The van der Waals surface area contributed by atoms with Crippen molar-refractivity contribution in [2.75, 3.05) is 7.11 Å². The zero-order chi connectivity index (χ0) is 25.4. The average Bonchev–Trinajstić information content (AvgIpc) is 3.06. The minimum atomic E-state index is -1.08. The van der Waals surface area contributed by atoms with Crippen LogP contribution in [0.1, 0.15) is 71.9 Å². The van der Waals surface area contributed by atoms with E-state index in [2.05, 4.69) is 53.7 Å². The van der Waals surface area contributed by atoms with Crippen LogP contribution in [0.15, 0.2) is 42.5 Å². The molecular formula is C31H38O4. The monoisotopic (exact) mass is 474 g/mol. The van der Waals surface area contributed by atoms with Crippen molar-refractivity contribution in [3.8, 4) is 28.4 Å². The van der Waals surface area contributed by atoms with Crippen LogP contribution in [-0.4, -0.2) is 22.9 Å². The van der Waals surface area contributed by atoms with Crippen molar-refractivity contribution in [1.82, 2.24) is 0 Å². The van der Waals surface area contributed by atoms with E-state index in [0.29, 0.717) is 25.0 Å². The van der Waals surface area contributed by atoms with Gasteiger partial charge in [-0.15, -0.1) is 0 Å². The third kappa shape index (κ3) is 4.06. The van der Waals surface area contributed by atoms with Gasteiger partial charge in [0.05, 0.1) is 12.7 Å². The van der Waals surface area contributed by atoms with Crippen LogP contribution in [0, 0.1) is 10.8 Å². The first-order chi connectivity index (χ1) is 16.2. The van der Waals surface area contributed by atoms with E-state index in [1.165, 1.54) is 0 Å². The molecule has 2 N–H and O–H groups in total. The normalized spacial score (nSPS) is 21.4. The molecule has 3 aromatic carbocycles. The lowest BCUT2D eigenvalue weighted by Crippen LogP contribution is -2.44. The van der Waals surface area contributed by atoms with Crippen molar-refractivity contribution in [2.45, 2.75) is 78.4 Å². The largest absolute Gasteiger partial charge is 0.507 e. The molecule has 2 aliphatic rings. The zero-order valence-electron chi connectivity index (χ0n) is 22.1. The third-order valence-corrected chi connectivity index (χ3v) is 7.68. The van der Waals surface area contributed by atoms with Crippen LogP contribution in [0.3, 0.4) is 0 Å². The molecule has 0 bridgehead atoms. The van der Waals surface area contributed by atoms with Gasteiger partial charge in [0.15, 0.2) is 11.5 Å². The minimum absolute atomic E-state index is 0.0397. The predicted molar refractivity (Wildman–Crippen MR) is 141 cm³/mol. The Morgan fingerprint density at radius 3 is 2.11 bits per heavy atom.